The third-order valence-electron chi connectivity index (χ3n) is 6.47. The van der Waals surface area contributed by atoms with Crippen LogP contribution in [-0.2, 0) is 4.79 Å². The van der Waals surface area contributed by atoms with Gasteiger partial charge in [0.05, 0.1) is 11.4 Å². The van der Waals surface area contributed by atoms with E-state index in [4.69, 9.17) is 0 Å². The molecule has 30 heavy (non-hydrogen) atoms. The summed E-state index contributed by atoms with van der Waals surface area (Å²) in [5, 5.41) is 0.0326. The van der Waals surface area contributed by atoms with Gasteiger partial charge in [0, 0.05) is 24.7 Å². The number of halogens is 2. The van der Waals surface area contributed by atoms with Gasteiger partial charge >= 0.3 is 0 Å². The van der Waals surface area contributed by atoms with E-state index >= 15 is 0 Å². The molecular weight excluding hydrogens is 406 g/mol. The quantitative estimate of drug-likeness (QED) is 0.713. The topological polar surface area (TPSA) is 40.6 Å². The number of hydrogen-bond acceptors (Lipinski definition) is 3. The summed E-state index contributed by atoms with van der Waals surface area (Å²) in [6.45, 7) is 1.07. The molecule has 3 fully saturated rings. The van der Waals surface area contributed by atoms with Crippen LogP contribution in [0.15, 0.2) is 48.5 Å². The summed E-state index contributed by atoms with van der Waals surface area (Å²) in [6.07, 6.45) is 2.73. The number of likely N-dealkylation sites (tertiary alicyclic amines) is 1. The predicted octanol–water partition coefficient (Wildman–Crippen LogP) is 4.38. The monoisotopic (exact) mass is 428 g/mol. The fourth-order valence-electron chi connectivity index (χ4n) is 4.97. The van der Waals surface area contributed by atoms with Crippen molar-refractivity contribution in [2.75, 3.05) is 13.1 Å². The smallest absolute Gasteiger partial charge is 0.253 e. The number of benzene rings is 2. The summed E-state index contributed by atoms with van der Waals surface area (Å²) < 4.78 is 26.9. The average molecular weight is 429 g/mol. The highest BCUT2D eigenvalue weighted by molar-refractivity contribution is 8.02. The summed E-state index contributed by atoms with van der Waals surface area (Å²) in [5.41, 5.74) is 1.19. The first kappa shape index (κ1) is 19.5. The van der Waals surface area contributed by atoms with E-state index in [1.54, 1.807) is 23.9 Å². The van der Waals surface area contributed by atoms with Crippen molar-refractivity contribution in [2.24, 2.45) is 0 Å². The molecule has 0 aromatic heterocycles. The van der Waals surface area contributed by atoms with Gasteiger partial charge in [-0.1, -0.05) is 18.2 Å². The summed E-state index contributed by atoms with van der Waals surface area (Å²) in [6, 6.07) is 12.4. The average Bonchev–Trinajstić information content (AvgIpc) is 3.26. The molecule has 3 heterocycles. The second kappa shape index (κ2) is 7.38. The predicted molar refractivity (Wildman–Crippen MR) is 111 cm³/mol. The van der Waals surface area contributed by atoms with Crippen LogP contribution in [0.4, 0.5) is 8.78 Å². The van der Waals surface area contributed by atoms with Gasteiger partial charge in [0.15, 0.2) is 0 Å². The second-order valence-corrected chi connectivity index (χ2v) is 9.79. The van der Waals surface area contributed by atoms with Gasteiger partial charge in [-0.2, -0.15) is 0 Å². The van der Waals surface area contributed by atoms with Gasteiger partial charge in [0.25, 0.3) is 5.91 Å². The molecule has 2 unspecified atom stereocenters. The molecule has 2 aromatic carbocycles. The number of amides is 2. The second-order valence-electron chi connectivity index (χ2n) is 8.23. The SMILES string of the molecule is O=C(c1ccccc1)N1CCC2(CC1)SC1CCC(c3cc(F)cc(F)c3)N1C2=O. The standard InChI is InChI=1S/C23H22F2N2O2S/c24-17-12-16(13-18(25)14-17)19-6-7-20-27(19)22(29)23(30-20)8-10-26(11-9-23)21(28)15-4-2-1-3-5-15/h1-5,12-14,19-20H,6-11H2. The highest BCUT2D eigenvalue weighted by Crippen LogP contribution is 2.55. The van der Waals surface area contributed by atoms with Crippen molar-refractivity contribution < 1.29 is 18.4 Å². The summed E-state index contributed by atoms with van der Waals surface area (Å²) >= 11 is 1.68. The van der Waals surface area contributed by atoms with Crippen molar-refractivity contribution in [2.45, 2.75) is 41.8 Å². The van der Waals surface area contributed by atoms with Gasteiger partial charge in [-0.25, -0.2) is 8.78 Å². The maximum absolute atomic E-state index is 13.7. The minimum Gasteiger partial charge on any atom is -0.339 e. The Labute approximate surface area is 178 Å². The van der Waals surface area contributed by atoms with E-state index in [0.29, 0.717) is 43.5 Å². The van der Waals surface area contributed by atoms with E-state index in [9.17, 15) is 18.4 Å². The van der Waals surface area contributed by atoms with Gasteiger partial charge in [-0.15, -0.1) is 11.8 Å². The first-order chi connectivity index (χ1) is 14.5. The van der Waals surface area contributed by atoms with Crippen LogP contribution >= 0.6 is 11.8 Å². The van der Waals surface area contributed by atoms with Crippen molar-refractivity contribution in [3.05, 3.63) is 71.3 Å². The fraction of sp³-hybridized carbons (Fsp3) is 0.391. The fourth-order valence-corrected chi connectivity index (χ4v) is 6.73. The number of piperidine rings is 1. The zero-order valence-electron chi connectivity index (χ0n) is 16.4. The Morgan fingerprint density at radius 2 is 1.67 bits per heavy atom. The van der Waals surface area contributed by atoms with Gasteiger partial charge in [0.1, 0.15) is 16.4 Å². The molecule has 156 valence electrons. The van der Waals surface area contributed by atoms with Gasteiger partial charge in [-0.3, -0.25) is 9.59 Å². The number of carbonyl (C=O) groups is 2. The summed E-state index contributed by atoms with van der Waals surface area (Å²) in [7, 11) is 0. The molecule has 5 rings (SSSR count). The molecule has 3 aliphatic heterocycles. The van der Waals surface area contributed by atoms with Gasteiger partial charge in [-0.05, 0) is 55.5 Å². The minimum atomic E-state index is -0.616. The third-order valence-corrected chi connectivity index (χ3v) is 8.24. The van der Waals surface area contributed by atoms with Crippen LogP contribution < -0.4 is 0 Å². The van der Waals surface area contributed by atoms with Crippen molar-refractivity contribution >= 4 is 23.6 Å². The van der Waals surface area contributed by atoms with Crippen LogP contribution in [0.2, 0.25) is 0 Å². The molecule has 7 heteroatoms. The minimum absolute atomic E-state index is 0.00508. The number of fused-ring (bicyclic) bond motifs is 1. The molecule has 3 aliphatic rings. The zero-order valence-corrected chi connectivity index (χ0v) is 17.2. The van der Waals surface area contributed by atoms with E-state index in [2.05, 4.69) is 0 Å². The van der Waals surface area contributed by atoms with E-state index in [1.165, 1.54) is 12.1 Å². The number of hydrogen-bond donors (Lipinski definition) is 0. The summed E-state index contributed by atoms with van der Waals surface area (Å²) in [4.78, 5) is 29.9. The normalized spacial score (nSPS) is 25.1. The first-order valence-electron chi connectivity index (χ1n) is 10.3. The Kier molecular flexibility index (Phi) is 4.81. The van der Waals surface area contributed by atoms with Crippen molar-refractivity contribution in [3.63, 3.8) is 0 Å². The van der Waals surface area contributed by atoms with Crippen LogP contribution in [0.3, 0.4) is 0 Å². The van der Waals surface area contributed by atoms with Crippen LogP contribution in [0, 0.1) is 11.6 Å². The molecule has 0 aliphatic carbocycles. The third kappa shape index (κ3) is 3.20. The molecular formula is C23H22F2N2O2S. The highest BCUT2D eigenvalue weighted by atomic mass is 32.2. The summed E-state index contributed by atoms with van der Waals surface area (Å²) in [5.74, 6) is -1.18. The zero-order chi connectivity index (χ0) is 20.9. The number of rotatable bonds is 2. The molecule has 2 aromatic rings. The Balaban J connectivity index is 1.32. The molecule has 0 radical (unpaired) electrons. The number of thioether (sulfide) groups is 1. The Morgan fingerprint density at radius 3 is 2.33 bits per heavy atom. The van der Waals surface area contributed by atoms with Gasteiger partial charge in [0.2, 0.25) is 5.91 Å². The lowest BCUT2D eigenvalue weighted by Crippen LogP contribution is -2.49. The Morgan fingerprint density at radius 1 is 1.00 bits per heavy atom. The molecule has 0 saturated carbocycles. The maximum Gasteiger partial charge on any atom is 0.253 e. The molecule has 2 atom stereocenters. The lowest BCUT2D eigenvalue weighted by atomic mass is 9.92. The molecule has 1 spiro atoms. The van der Waals surface area contributed by atoms with E-state index < -0.39 is 16.4 Å². The van der Waals surface area contributed by atoms with Crippen LogP contribution in [-0.4, -0.2) is 44.8 Å². The van der Waals surface area contributed by atoms with E-state index in [0.717, 1.165) is 12.5 Å². The molecule has 3 saturated heterocycles. The molecule has 0 N–H and O–H groups in total. The van der Waals surface area contributed by atoms with Crippen LogP contribution in [0.1, 0.15) is 47.6 Å². The lowest BCUT2D eigenvalue weighted by molar-refractivity contribution is -0.134. The Bertz CT molecular complexity index is 972. The number of carbonyl (C=O) groups excluding carboxylic acids is 2. The van der Waals surface area contributed by atoms with Crippen LogP contribution in [0.25, 0.3) is 0 Å². The number of nitrogens with zero attached hydrogens (tertiary/aromatic N) is 2. The van der Waals surface area contributed by atoms with Crippen LogP contribution in [0.5, 0.6) is 0 Å². The molecule has 4 nitrogen and oxygen atoms in total. The van der Waals surface area contributed by atoms with Crippen molar-refractivity contribution in [1.29, 1.82) is 0 Å². The first-order valence-corrected chi connectivity index (χ1v) is 11.2. The molecule has 0 bridgehead atoms. The largest absolute Gasteiger partial charge is 0.339 e. The van der Waals surface area contributed by atoms with Crippen molar-refractivity contribution in [3.8, 4) is 0 Å². The highest BCUT2D eigenvalue weighted by Gasteiger charge is 2.57. The van der Waals surface area contributed by atoms with Crippen molar-refractivity contribution in [1.82, 2.24) is 9.80 Å². The molecule has 2 amide bonds. The Hall–Kier alpha value is -2.41. The van der Waals surface area contributed by atoms with Gasteiger partial charge < -0.3 is 9.80 Å². The maximum atomic E-state index is 13.7. The van der Waals surface area contributed by atoms with E-state index in [1.807, 2.05) is 28.0 Å². The lowest BCUT2D eigenvalue weighted by Gasteiger charge is -2.38. The van der Waals surface area contributed by atoms with E-state index in [-0.39, 0.29) is 23.2 Å².